The van der Waals surface area contributed by atoms with Gasteiger partial charge >= 0.3 is 5.97 Å². The molecule has 0 aromatic rings. The zero-order valence-electron chi connectivity index (χ0n) is 12.4. The first kappa shape index (κ1) is 16.2. The van der Waals surface area contributed by atoms with Crippen molar-refractivity contribution in [3.63, 3.8) is 0 Å². The first-order valence-corrected chi connectivity index (χ1v) is 9.09. The summed E-state index contributed by atoms with van der Waals surface area (Å²) in [6, 6.07) is -0.0662. The lowest BCUT2D eigenvalue weighted by Gasteiger charge is -2.37. The van der Waals surface area contributed by atoms with Crippen LogP contribution in [0.15, 0.2) is 0 Å². The largest absolute Gasteiger partial charge is 0.481 e. The van der Waals surface area contributed by atoms with Crippen LogP contribution in [0.2, 0.25) is 0 Å². The number of aliphatic carboxylic acids is 1. The van der Waals surface area contributed by atoms with Crippen molar-refractivity contribution in [1.29, 1.82) is 0 Å². The summed E-state index contributed by atoms with van der Waals surface area (Å²) in [4.78, 5) is 24.6. The van der Waals surface area contributed by atoms with Gasteiger partial charge in [-0.15, -0.1) is 0 Å². The summed E-state index contributed by atoms with van der Waals surface area (Å²) < 4.78 is 24.9. The van der Waals surface area contributed by atoms with Gasteiger partial charge in [0.1, 0.15) is 0 Å². The molecule has 0 aromatic carbocycles. The van der Waals surface area contributed by atoms with Crippen LogP contribution in [0.3, 0.4) is 0 Å². The number of carbonyl (C=O) groups is 2. The standard InChI is InChI=1S/C13H22N2O5S/c1-3-15(21(2,19)20)9-4-6-14(7-5-9)12(16)10-8-11(10)13(17)18/h9-11H,3-8H2,1-2H3,(H,17,18)/t10-,11-/m1/s1. The Balaban J connectivity index is 1.89. The molecule has 1 aliphatic heterocycles. The molecule has 1 heterocycles. The Bertz CT molecular complexity index is 525. The molecule has 1 aliphatic carbocycles. The number of carboxylic acid groups (broad SMARTS) is 1. The average Bonchev–Trinajstić information content (AvgIpc) is 3.18. The summed E-state index contributed by atoms with van der Waals surface area (Å²) >= 11 is 0. The summed E-state index contributed by atoms with van der Waals surface area (Å²) in [6.07, 6.45) is 2.85. The first-order valence-electron chi connectivity index (χ1n) is 7.24. The van der Waals surface area contributed by atoms with E-state index in [-0.39, 0.29) is 17.9 Å². The van der Waals surface area contributed by atoms with E-state index >= 15 is 0 Å². The van der Waals surface area contributed by atoms with Crippen molar-refractivity contribution in [3.8, 4) is 0 Å². The maximum atomic E-state index is 12.1. The molecule has 8 heteroatoms. The van der Waals surface area contributed by atoms with Crippen LogP contribution in [-0.4, -0.2) is 66.5 Å². The smallest absolute Gasteiger partial charge is 0.307 e. The average molecular weight is 318 g/mol. The van der Waals surface area contributed by atoms with Crippen LogP contribution in [0, 0.1) is 11.8 Å². The minimum atomic E-state index is -3.22. The Kier molecular flexibility index (Phi) is 4.57. The van der Waals surface area contributed by atoms with Gasteiger partial charge in [0, 0.05) is 25.7 Å². The van der Waals surface area contributed by atoms with E-state index in [9.17, 15) is 18.0 Å². The van der Waals surface area contributed by atoms with Crippen LogP contribution in [0.4, 0.5) is 0 Å². The van der Waals surface area contributed by atoms with Gasteiger partial charge in [-0.25, -0.2) is 8.42 Å². The fourth-order valence-corrected chi connectivity index (χ4v) is 4.33. The summed E-state index contributed by atoms with van der Waals surface area (Å²) in [5, 5.41) is 8.86. The van der Waals surface area contributed by atoms with E-state index in [1.165, 1.54) is 10.6 Å². The van der Waals surface area contributed by atoms with Crippen LogP contribution in [-0.2, 0) is 19.6 Å². The quantitative estimate of drug-likeness (QED) is 0.768. The minimum absolute atomic E-state index is 0.0662. The third kappa shape index (κ3) is 3.55. The van der Waals surface area contributed by atoms with Gasteiger partial charge in [-0.05, 0) is 19.3 Å². The van der Waals surface area contributed by atoms with Gasteiger partial charge < -0.3 is 10.0 Å². The van der Waals surface area contributed by atoms with E-state index < -0.39 is 21.9 Å². The molecule has 21 heavy (non-hydrogen) atoms. The molecule has 0 spiro atoms. The predicted octanol–water partition coefficient (Wildman–Crippen LogP) is -0.0204. The summed E-state index contributed by atoms with van der Waals surface area (Å²) in [5.41, 5.74) is 0. The van der Waals surface area contributed by atoms with Crippen molar-refractivity contribution in [2.24, 2.45) is 11.8 Å². The highest BCUT2D eigenvalue weighted by molar-refractivity contribution is 7.88. The Morgan fingerprint density at radius 2 is 1.81 bits per heavy atom. The lowest BCUT2D eigenvalue weighted by atomic mass is 10.0. The Morgan fingerprint density at radius 3 is 2.19 bits per heavy atom. The molecule has 0 bridgehead atoms. The Morgan fingerprint density at radius 1 is 1.24 bits per heavy atom. The second-order valence-electron chi connectivity index (χ2n) is 5.81. The van der Waals surface area contributed by atoms with E-state index in [1.807, 2.05) is 0 Å². The van der Waals surface area contributed by atoms with Crippen molar-refractivity contribution >= 4 is 21.9 Å². The SMILES string of the molecule is CCN(C1CCN(C(=O)[C@@H]2C[C@H]2C(=O)O)CC1)S(C)(=O)=O. The predicted molar refractivity (Wildman–Crippen MR) is 76.1 cm³/mol. The number of amides is 1. The summed E-state index contributed by atoms with van der Waals surface area (Å²) in [7, 11) is -3.22. The van der Waals surface area contributed by atoms with Crippen LogP contribution < -0.4 is 0 Å². The third-order valence-electron chi connectivity index (χ3n) is 4.35. The van der Waals surface area contributed by atoms with Gasteiger partial charge in [-0.1, -0.05) is 6.92 Å². The second kappa shape index (κ2) is 5.92. The van der Waals surface area contributed by atoms with Crippen molar-refractivity contribution < 1.29 is 23.1 Å². The number of carbonyl (C=O) groups excluding carboxylic acids is 1. The Hall–Kier alpha value is -1.15. The molecular weight excluding hydrogens is 296 g/mol. The van der Waals surface area contributed by atoms with Gasteiger partial charge in [0.2, 0.25) is 15.9 Å². The molecule has 2 rings (SSSR count). The molecule has 7 nitrogen and oxygen atoms in total. The van der Waals surface area contributed by atoms with E-state index in [4.69, 9.17) is 5.11 Å². The van der Waals surface area contributed by atoms with Crippen molar-refractivity contribution in [2.75, 3.05) is 25.9 Å². The summed E-state index contributed by atoms with van der Waals surface area (Å²) in [5.74, 6) is -1.91. The molecule has 0 unspecified atom stereocenters. The molecule has 120 valence electrons. The van der Waals surface area contributed by atoms with Gasteiger partial charge in [0.15, 0.2) is 0 Å². The van der Waals surface area contributed by atoms with E-state index in [2.05, 4.69) is 0 Å². The molecule has 0 aromatic heterocycles. The van der Waals surface area contributed by atoms with E-state index in [1.54, 1.807) is 11.8 Å². The van der Waals surface area contributed by atoms with Crippen LogP contribution in [0.5, 0.6) is 0 Å². The molecule has 1 N–H and O–H groups in total. The number of piperidine rings is 1. The monoisotopic (exact) mass is 318 g/mol. The highest BCUT2D eigenvalue weighted by atomic mass is 32.2. The highest BCUT2D eigenvalue weighted by Crippen LogP contribution is 2.40. The number of carboxylic acids is 1. The van der Waals surface area contributed by atoms with E-state index in [0.717, 1.165) is 0 Å². The lowest BCUT2D eigenvalue weighted by Crippen LogP contribution is -2.48. The van der Waals surface area contributed by atoms with Crippen LogP contribution >= 0.6 is 0 Å². The molecule has 1 saturated carbocycles. The second-order valence-corrected chi connectivity index (χ2v) is 7.74. The topological polar surface area (TPSA) is 95.0 Å². The third-order valence-corrected chi connectivity index (χ3v) is 5.75. The normalized spacial score (nSPS) is 26.9. The molecular formula is C13H22N2O5S. The molecule has 0 radical (unpaired) electrons. The molecule has 2 fully saturated rings. The van der Waals surface area contributed by atoms with Crippen molar-refractivity contribution in [1.82, 2.24) is 9.21 Å². The maximum absolute atomic E-state index is 12.1. The zero-order valence-corrected chi connectivity index (χ0v) is 13.2. The van der Waals surface area contributed by atoms with Crippen LogP contribution in [0.25, 0.3) is 0 Å². The lowest BCUT2D eigenvalue weighted by molar-refractivity contribution is -0.142. The number of rotatable bonds is 5. The maximum Gasteiger partial charge on any atom is 0.307 e. The number of nitrogens with zero attached hydrogens (tertiary/aromatic N) is 2. The highest BCUT2D eigenvalue weighted by Gasteiger charge is 2.50. The number of sulfonamides is 1. The number of hydrogen-bond acceptors (Lipinski definition) is 4. The summed E-state index contributed by atoms with van der Waals surface area (Å²) in [6.45, 7) is 3.23. The van der Waals surface area contributed by atoms with Gasteiger partial charge in [-0.3, -0.25) is 9.59 Å². The van der Waals surface area contributed by atoms with Crippen molar-refractivity contribution in [3.05, 3.63) is 0 Å². The molecule has 1 amide bonds. The zero-order chi connectivity index (χ0) is 15.8. The van der Waals surface area contributed by atoms with E-state index in [0.29, 0.717) is 38.9 Å². The number of hydrogen-bond donors (Lipinski definition) is 1. The molecule has 2 aliphatic rings. The number of likely N-dealkylation sites (tertiary alicyclic amines) is 1. The van der Waals surface area contributed by atoms with Gasteiger partial charge in [0.05, 0.1) is 18.1 Å². The first-order chi connectivity index (χ1) is 9.75. The molecule has 1 saturated heterocycles. The van der Waals surface area contributed by atoms with Gasteiger partial charge in [0.25, 0.3) is 0 Å². The fourth-order valence-electron chi connectivity index (χ4n) is 3.11. The Labute approximate surface area is 125 Å². The van der Waals surface area contributed by atoms with Crippen LogP contribution in [0.1, 0.15) is 26.2 Å². The van der Waals surface area contributed by atoms with Crippen molar-refractivity contribution in [2.45, 2.75) is 32.2 Å². The minimum Gasteiger partial charge on any atom is -0.481 e. The fraction of sp³-hybridized carbons (Fsp3) is 0.846. The molecule has 2 atom stereocenters. The van der Waals surface area contributed by atoms with Gasteiger partial charge in [-0.2, -0.15) is 4.31 Å².